The summed E-state index contributed by atoms with van der Waals surface area (Å²) in [4.78, 5) is 11.3. The Morgan fingerprint density at radius 2 is 2.11 bits per heavy atom. The Balaban J connectivity index is 1.91. The van der Waals surface area contributed by atoms with Crippen molar-refractivity contribution in [3.05, 3.63) is 18.1 Å². The van der Waals surface area contributed by atoms with Gasteiger partial charge in [-0.15, -0.1) is 0 Å². The predicted molar refractivity (Wildman–Crippen MR) is 76.3 cm³/mol. The van der Waals surface area contributed by atoms with E-state index in [0.29, 0.717) is 6.10 Å². The molecular formula is C14H24N4O. The quantitative estimate of drug-likeness (QED) is 0.845. The molecule has 1 saturated heterocycles. The van der Waals surface area contributed by atoms with Gasteiger partial charge in [0, 0.05) is 32.4 Å². The summed E-state index contributed by atoms with van der Waals surface area (Å²) in [6.07, 6.45) is 6.26. The molecule has 0 radical (unpaired) electrons. The smallest absolute Gasteiger partial charge is 0.147 e. The summed E-state index contributed by atoms with van der Waals surface area (Å²) in [6, 6.07) is 0. The molecule has 2 heterocycles. The van der Waals surface area contributed by atoms with E-state index in [1.165, 1.54) is 0 Å². The lowest BCUT2D eigenvalue weighted by Crippen LogP contribution is -2.37. The highest BCUT2D eigenvalue weighted by Crippen LogP contribution is 2.19. The van der Waals surface area contributed by atoms with E-state index in [9.17, 15) is 0 Å². The molecule has 1 fully saturated rings. The average Bonchev–Trinajstić information content (AvgIpc) is 2.46. The summed E-state index contributed by atoms with van der Waals surface area (Å²) in [7, 11) is 0. The molecule has 1 aliphatic heterocycles. The zero-order valence-corrected chi connectivity index (χ0v) is 11.9. The molecule has 5 nitrogen and oxygen atoms in total. The molecule has 0 spiro atoms. The van der Waals surface area contributed by atoms with E-state index < -0.39 is 0 Å². The Bertz CT molecular complexity index is 377. The Morgan fingerprint density at radius 3 is 2.79 bits per heavy atom. The summed E-state index contributed by atoms with van der Waals surface area (Å²) in [5.74, 6) is 0.991. The maximum atomic E-state index is 5.67. The van der Waals surface area contributed by atoms with Crippen LogP contribution in [-0.2, 0) is 11.3 Å². The van der Waals surface area contributed by atoms with Crippen LogP contribution in [0.15, 0.2) is 12.4 Å². The molecule has 1 aromatic rings. The molecule has 19 heavy (non-hydrogen) atoms. The molecule has 0 bridgehead atoms. The van der Waals surface area contributed by atoms with Gasteiger partial charge in [-0.1, -0.05) is 6.92 Å². The Kier molecular flexibility index (Phi) is 5.54. The Labute approximate surface area is 115 Å². The van der Waals surface area contributed by atoms with E-state index >= 15 is 0 Å². The summed E-state index contributed by atoms with van der Waals surface area (Å²) >= 11 is 0. The van der Waals surface area contributed by atoms with Gasteiger partial charge in [0.1, 0.15) is 5.82 Å². The van der Waals surface area contributed by atoms with Crippen molar-refractivity contribution in [2.75, 3.05) is 31.1 Å². The zero-order valence-electron chi connectivity index (χ0n) is 11.9. The monoisotopic (exact) mass is 264 g/mol. The van der Waals surface area contributed by atoms with Crippen molar-refractivity contribution >= 4 is 5.82 Å². The largest absolute Gasteiger partial charge is 0.378 e. The molecule has 0 atom stereocenters. The van der Waals surface area contributed by atoms with Crippen LogP contribution in [0.25, 0.3) is 0 Å². The maximum absolute atomic E-state index is 5.67. The number of nitrogens with one attached hydrogen (secondary N) is 1. The number of piperidine rings is 1. The van der Waals surface area contributed by atoms with Gasteiger partial charge in [-0.3, -0.25) is 4.98 Å². The number of ether oxygens (including phenoxy) is 1. The lowest BCUT2D eigenvalue weighted by molar-refractivity contribution is 0.0458. The summed E-state index contributed by atoms with van der Waals surface area (Å²) in [5, 5.41) is 3.28. The van der Waals surface area contributed by atoms with Crippen LogP contribution in [-0.4, -0.2) is 42.3 Å². The van der Waals surface area contributed by atoms with Crippen LogP contribution in [0.2, 0.25) is 0 Å². The van der Waals surface area contributed by atoms with Crippen LogP contribution >= 0.6 is 0 Å². The number of hydrogen-bond acceptors (Lipinski definition) is 5. The van der Waals surface area contributed by atoms with Gasteiger partial charge in [-0.25, -0.2) is 4.98 Å². The molecule has 106 valence electrons. The van der Waals surface area contributed by atoms with Crippen molar-refractivity contribution in [3.8, 4) is 0 Å². The SMILES string of the molecule is CCNCc1cncc(N2CCC(OCC)CC2)n1. The highest BCUT2D eigenvalue weighted by molar-refractivity contribution is 5.36. The number of rotatable bonds is 6. The Morgan fingerprint density at radius 1 is 1.32 bits per heavy atom. The Hall–Kier alpha value is -1.20. The third-order valence-corrected chi connectivity index (χ3v) is 3.40. The number of hydrogen-bond donors (Lipinski definition) is 1. The fourth-order valence-electron chi connectivity index (χ4n) is 2.37. The third-order valence-electron chi connectivity index (χ3n) is 3.40. The van der Waals surface area contributed by atoms with Gasteiger partial charge in [-0.2, -0.15) is 0 Å². The summed E-state index contributed by atoms with van der Waals surface area (Å²) in [6.45, 7) is 8.70. The fourth-order valence-corrected chi connectivity index (χ4v) is 2.37. The minimum atomic E-state index is 0.416. The van der Waals surface area contributed by atoms with E-state index in [1.807, 2.05) is 12.4 Å². The lowest BCUT2D eigenvalue weighted by Gasteiger charge is -2.32. The van der Waals surface area contributed by atoms with E-state index in [2.05, 4.69) is 34.0 Å². The van der Waals surface area contributed by atoms with Crippen molar-refractivity contribution in [1.82, 2.24) is 15.3 Å². The minimum Gasteiger partial charge on any atom is -0.378 e. The van der Waals surface area contributed by atoms with Crippen molar-refractivity contribution in [1.29, 1.82) is 0 Å². The van der Waals surface area contributed by atoms with E-state index in [4.69, 9.17) is 4.74 Å². The first-order valence-electron chi connectivity index (χ1n) is 7.21. The molecule has 1 aromatic heterocycles. The second-order valence-electron chi connectivity index (χ2n) is 4.79. The molecule has 2 rings (SSSR count). The van der Waals surface area contributed by atoms with Gasteiger partial charge in [0.2, 0.25) is 0 Å². The van der Waals surface area contributed by atoms with Gasteiger partial charge in [0.05, 0.1) is 18.0 Å². The van der Waals surface area contributed by atoms with Crippen molar-refractivity contribution in [3.63, 3.8) is 0 Å². The second-order valence-corrected chi connectivity index (χ2v) is 4.79. The van der Waals surface area contributed by atoms with Gasteiger partial charge >= 0.3 is 0 Å². The van der Waals surface area contributed by atoms with E-state index in [-0.39, 0.29) is 0 Å². The normalized spacial score (nSPS) is 16.8. The summed E-state index contributed by atoms with van der Waals surface area (Å²) in [5.41, 5.74) is 1.01. The molecule has 0 amide bonds. The van der Waals surface area contributed by atoms with Crippen LogP contribution in [0.1, 0.15) is 32.4 Å². The van der Waals surface area contributed by atoms with Crippen LogP contribution in [0.3, 0.4) is 0 Å². The number of aromatic nitrogens is 2. The molecule has 5 heteroatoms. The second kappa shape index (κ2) is 7.40. The van der Waals surface area contributed by atoms with Gasteiger partial charge in [0.15, 0.2) is 0 Å². The molecular weight excluding hydrogens is 240 g/mol. The van der Waals surface area contributed by atoms with Crippen LogP contribution < -0.4 is 10.2 Å². The number of anilines is 1. The topological polar surface area (TPSA) is 50.3 Å². The van der Waals surface area contributed by atoms with E-state index in [1.54, 1.807) is 0 Å². The van der Waals surface area contributed by atoms with Gasteiger partial charge < -0.3 is 15.0 Å². The lowest BCUT2D eigenvalue weighted by atomic mass is 10.1. The molecule has 0 aromatic carbocycles. The van der Waals surface area contributed by atoms with Crippen molar-refractivity contribution in [2.45, 2.75) is 39.3 Å². The molecule has 0 aliphatic carbocycles. The highest BCUT2D eigenvalue weighted by Gasteiger charge is 2.20. The zero-order chi connectivity index (χ0) is 13.5. The number of nitrogens with zero attached hydrogens (tertiary/aromatic N) is 3. The molecule has 1 N–H and O–H groups in total. The van der Waals surface area contributed by atoms with E-state index in [0.717, 1.165) is 57.1 Å². The predicted octanol–water partition coefficient (Wildman–Crippen LogP) is 1.59. The highest BCUT2D eigenvalue weighted by atomic mass is 16.5. The molecule has 0 unspecified atom stereocenters. The van der Waals surface area contributed by atoms with Gasteiger partial charge in [-0.05, 0) is 26.3 Å². The fraction of sp³-hybridized carbons (Fsp3) is 0.714. The van der Waals surface area contributed by atoms with Crippen molar-refractivity contribution < 1.29 is 4.74 Å². The molecule has 0 saturated carbocycles. The average molecular weight is 264 g/mol. The van der Waals surface area contributed by atoms with Crippen LogP contribution in [0.5, 0.6) is 0 Å². The first-order valence-corrected chi connectivity index (χ1v) is 7.21. The van der Waals surface area contributed by atoms with Crippen molar-refractivity contribution in [2.24, 2.45) is 0 Å². The first kappa shape index (κ1) is 14.2. The first-order chi connectivity index (χ1) is 9.33. The minimum absolute atomic E-state index is 0.416. The van der Waals surface area contributed by atoms with Gasteiger partial charge in [0.25, 0.3) is 0 Å². The summed E-state index contributed by atoms with van der Waals surface area (Å²) < 4.78 is 5.67. The molecule has 1 aliphatic rings. The third kappa shape index (κ3) is 4.14. The van der Waals surface area contributed by atoms with Crippen LogP contribution in [0, 0.1) is 0 Å². The standard InChI is InChI=1S/C14H24N4O/c1-3-15-9-12-10-16-11-14(17-12)18-7-5-13(6-8-18)19-4-2/h10-11,13,15H,3-9H2,1-2H3. The maximum Gasteiger partial charge on any atom is 0.147 e. The van der Waals surface area contributed by atoms with Crippen LogP contribution in [0.4, 0.5) is 5.82 Å².